The van der Waals surface area contributed by atoms with Crippen LogP contribution in [0.2, 0.25) is 0 Å². The summed E-state index contributed by atoms with van der Waals surface area (Å²) in [5.41, 5.74) is 3.97. The van der Waals surface area contributed by atoms with E-state index in [2.05, 4.69) is 23.0 Å². The van der Waals surface area contributed by atoms with Gasteiger partial charge in [0.25, 0.3) is 0 Å². The molecular formula is C19H19N3O2. The van der Waals surface area contributed by atoms with Gasteiger partial charge in [-0.15, -0.1) is 0 Å². The number of benzene rings is 2. The molecule has 0 radical (unpaired) electrons. The molecule has 1 saturated heterocycles. The van der Waals surface area contributed by atoms with Gasteiger partial charge in [0.1, 0.15) is 11.6 Å². The fourth-order valence-electron chi connectivity index (χ4n) is 3.31. The van der Waals surface area contributed by atoms with Gasteiger partial charge in [0.05, 0.1) is 23.8 Å². The molecule has 4 rings (SSSR count). The highest BCUT2D eigenvalue weighted by atomic mass is 16.5. The maximum Gasteiger partial charge on any atom is 0.227 e. The summed E-state index contributed by atoms with van der Waals surface area (Å²) in [6, 6.07) is 13.8. The first-order chi connectivity index (χ1) is 11.7. The van der Waals surface area contributed by atoms with E-state index in [0.717, 1.165) is 22.5 Å². The lowest BCUT2D eigenvalue weighted by Crippen LogP contribution is -2.24. The summed E-state index contributed by atoms with van der Waals surface area (Å²) in [5, 5.41) is 0. The van der Waals surface area contributed by atoms with Crippen molar-refractivity contribution in [1.82, 2.24) is 9.97 Å². The van der Waals surface area contributed by atoms with Crippen LogP contribution in [0.3, 0.4) is 0 Å². The highest BCUT2D eigenvalue weighted by Crippen LogP contribution is 2.36. The number of hydrogen-bond donors (Lipinski definition) is 1. The van der Waals surface area contributed by atoms with Crippen LogP contribution in [0.25, 0.3) is 11.0 Å². The van der Waals surface area contributed by atoms with Crippen LogP contribution in [-0.4, -0.2) is 29.5 Å². The average molecular weight is 321 g/mol. The van der Waals surface area contributed by atoms with Crippen molar-refractivity contribution in [2.75, 3.05) is 18.6 Å². The third-order valence-corrected chi connectivity index (χ3v) is 4.54. The van der Waals surface area contributed by atoms with Crippen LogP contribution >= 0.6 is 0 Å². The van der Waals surface area contributed by atoms with Crippen molar-refractivity contribution in [2.24, 2.45) is 0 Å². The Labute approximate surface area is 140 Å². The zero-order valence-corrected chi connectivity index (χ0v) is 13.7. The molecule has 2 aromatic carbocycles. The summed E-state index contributed by atoms with van der Waals surface area (Å²) in [4.78, 5) is 22.4. The van der Waals surface area contributed by atoms with Crippen LogP contribution in [0.4, 0.5) is 5.69 Å². The van der Waals surface area contributed by atoms with E-state index in [1.165, 1.54) is 5.56 Å². The van der Waals surface area contributed by atoms with E-state index in [-0.39, 0.29) is 11.8 Å². The molecule has 0 aliphatic carbocycles. The molecule has 122 valence electrons. The second-order valence-electron chi connectivity index (χ2n) is 6.22. The van der Waals surface area contributed by atoms with E-state index in [1.54, 1.807) is 12.0 Å². The lowest BCUT2D eigenvalue weighted by Gasteiger charge is -2.19. The van der Waals surface area contributed by atoms with Gasteiger partial charge in [-0.05, 0) is 36.8 Å². The van der Waals surface area contributed by atoms with Gasteiger partial charge in [0, 0.05) is 18.9 Å². The SMILES string of the molecule is COc1ccccc1N1C[C@@H](c2nc3ccc(C)cc3[nH]2)CC1=O. The Morgan fingerprint density at radius 3 is 2.92 bits per heavy atom. The van der Waals surface area contributed by atoms with Gasteiger partial charge in [-0.25, -0.2) is 4.98 Å². The minimum atomic E-state index is 0.0649. The van der Waals surface area contributed by atoms with E-state index >= 15 is 0 Å². The first kappa shape index (κ1) is 14.8. The number of nitrogens with zero attached hydrogens (tertiary/aromatic N) is 2. The molecule has 3 aromatic rings. The molecule has 0 bridgehead atoms. The monoisotopic (exact) mass is 321 g/mol. The Hall–Kier alpha value is -2.82. The minimum Gasteiger partial charge on any atom is -0.495 e. The van der Waals surface area contributed by atoms with Gasteiger partial charge in [0.15, 0.2) is 0 Å². The second-order valence-corrected chi connectivity index (χ2v) is 6.22. The molecule has 1 N–H and O–H groups in total. The lowest BCUT2D eigenvalue weighted by atomic mass is 10.1. The maximum atomic E-state index is 12.5. The van der Waals surface area contributed by atoms with E-state index in [4.69, 9.17) is 4.74 Å². The van der Waals surface area contributed by atoms with Crippen LogP contribution in [0.5, 0.6) is 5.75 Å². The van der Waals surface area contributed by atoms with Crippen molar-refractivity contribution in [3.8, 4) is 5.75 Å². The van der Waals surface area contributed by atoms with Gasteiger partial charge in [-0.3, -0.25) is 4.79 Å². The van der Waals surface area contributed by atoms with Crippen molar-refractivity contribution < 1.29 is 9.53 Å². The molecule has 24 heavy (non-hydrogen) atoms. The van der Waals surface area contributed by atoms with Crippen molar-refractivity contribution in [3.63, 3.8) is 0 Å². The number of anilines is 1. The van der Waals surface area contributed by atoms with Gasteiger partial charge < -0.3 is 14.6 Å². The van der Waals surface area contributed by atoms with Crippen LogP contribution in [0.15, 0.2) is 42.5 Å². The Balaban J connectivity index is 1.65. The number of para-hydroxylation sites is 2. The summed E-state index contributed by atoms with van der Waals surface area (Å²) in [7, 11) is 1.62. The predicted octanol–water partition coefficient (Wildman–Crippen LogP) is 3.40. The lowest BCUT2D eigenvalue weighted by molar-refractivity contribution is -0.117. The summed E-state index contributed by atoms with van der Waals surface area (Å²) in [6.45, 7) is 2.67. The van der Waals surface area contributed by atoms with Gasteiger partial charge in [-0.1, -0.05) is 18.2 Å². The molecule has 1 fully saturated rings. The van der Waals surface area contributed by atoms with Gasteiger partial charge >= 0.3 is 0 Å². The quantitative estimate of drug-likeness (QED) is 0.804. The number of imidazole rings is 1. The molecular weight excluding hydrogens is 302 g/mol. The smallest absolute Gasteiger partial charge is 0.227 e. The standard InChI is InChI=1S/C19H19N3O2/c1-12-7-8-14-15(9-12)21-19(20-14)13-10-18(23)22(11-13)16-5-3-4-6-17(16)24-2/h3-9,13H,10-11H2,1-2H3,(H,20,21)/t13-/m0/s1. The molecule has 0 spiro atoms. The molecule has 1 aliphatic rings. The number of aryl methyl sites for hydroxylation is 1. The Morgan fingerprint density at radius 1 is 1.25 bits per heavy atom. The predicted molar refractivity (Wildman–Crippen MR) is 93.5 cm³/mol. The molecule has 5 heteroatoms. The number of nitrogens with one attached hydrogen (secondary N) is 1. The van der Waals surface area contributed by atoms with Crippen LogP contribution in [0.1, 0.15) is 23.7 Å². The van der Waals surface area contributed by atoms with Crippen molar-refractivity contribution >= 4 is 22.6 Å². The zero-order valence-electron chi connectivity index (χ0n) is 13.7. The normalized spacial score (nSPS) is 17.7. The Morgan fingerprint density at radius 2 is 2.08 bits per heavy atom. The zero-order chi connectivity index (χ0) is 16.7. The number of carbonyl (C=O) groups excluding carboxylic acids is 1. The average Bonchev–Trinajstić information content (AvgIpc) is 3.17. The number of carbonyl (C=O) groups is 1. The van der Waals surface area contributed by atoms with Gasteiger partial charge in [-0.2, -0.15) is 0 Å². The van der Waals surface area contributed by atoms with E-state index in [0.29, 0.717) is 18.7 Å². The molecule has 0 saturated carbocycles. The number of ether oxygens (including phenoxy) is 1. The number of rotatable bonds is 3. The summed E-state index contributed by atoms with van der Waals surface area (Å²) in [5.74, 6) is 1.75. The van der Waals surface area contributed by atoms with Crippen LogP contribution < -0.4 is 9.64 Å². The largest absolute Gasteiger partial charge is 0.495 e. The summed E-state index contributed by atoms with van der Waals surface area (Å²) in [6.07, 6.45) is 0.455. The van der Waals surface area contributed by atoms with Crippen molar-refractivity contribution in [3.05, 3.63) is 53.9 Å². The number of aromatic amines is 1. The van der Waals surface area contributed by atoms with Crippen LogP contribution in [0, 0.1) is 6.92 Å². The van der Waals surface area contributed by atoms with E-state index in [1.807, 2.05) is 36.4 Å². The molecule has 1 amide bonds. The maximum absolute atomic E-state index is 12.5. The number of fused-ring (bicyclic) bond motifs is 1. The molecule has 1 atom stereocenters. The van der Waals surface area contributed by atoms with Gasteiger partial charge in [0.2, 0.25) is 5.91 Å². The number of amides is 1. The van der Waals surface area contributed by atoms with E-state index < -0.39 is 0 Å². The molecule has 0 unspecified atom stereocenters. The summed E-state index contributed by atoms with van der Waals surface area (Å²) >= 11 is 0. The number of methoxy groups -OCH3 is 1. The fourth-order valence-corrected chi connectivity index (χ4v) is 3.31. The fraction of sp³-hybridized carbons (Fsp3) is 0.263. The van der Waals surface area contributed by atoms with E-state index in [9.17, 15) is 4.79 Å². The molecule has 1 aliphatic heterocycles. The van der Waals surface area contributed by atoms with Crippen molar-refractivity contribution in [1.29, 1.82) is 0 Å². The highest BCUT2D eigenvalue weighted by molar-refractivity contribution is 5.97. The molecule has 2 heterocycles. The number of aromatic nitrogens is 2. The third-order valence-electron chi connectivity index (χ3n) is 4.54. The summed E-state index contributed by atoms with van der Waals surface area (Å²) < 4.78 is 5.39. The third kappa shape index (κ3) is 2.42. The van der Waals surface area contributed by atoms with Crippen molar-refractivity contribution in [2.45, 2.75) is 19.3 Å². The first-order valence-electron chi connectivity index (χ1n) is 8.05. The Bertz CT molecular complexity index is 916. The first-order valence-corrected chi connectivity index (χ1v) is 8.05. The molecule has 5 nitrogen and oxygen atoms in total. The topological polar surface area (TPSA) is 58.2 Å². The highest BCUT2D eigenvalue weighted by Gasteiger charge is 2.34. The number of hydrogen-bond acceptors (Lipinski definition) is 3. The van der Waals surface area contributed by atoms with Crippen LogP contribution in [-0.2, 0) is 4.79 Å². The Kier molecular flexibility index (Phi) is 3.49. The molecule has 1 aromatic heterocycles. The second kappa shape index (κ2) is 5.67. The number of H-pyrrole nitrogens is 1. The minimum absolute atomic E-state index is 0.0649.